The van der Waals surface area contributed by atoms with E-state index in [-0.39, 0.29) is 0 Å². The third kappa shape index (κ3) is 4.75. The summed E-state index contributed by atoms with van der Waals surface area (Å²) in [5.41, 5.74) is 1.19. The van der Waals surface area contributed by atoms with Crippen LogP contribution in [0.1, 0.15) is 57.6 Å². The van der Waals surface area contributed by atoms with Crippen molar-refractivity contribution in [3.63, 3.8) is 0 Å². The van der Waals surface area contributed by atoms with Gasteiger partial charge in [0.1, 0.15) is 0 Å². The van der Waals surface area contributed by atoms with Crippen LogP contribution in [0.15, 0.2) is 22.7 Å². The molecule has 1 N–H and O–H groups in total. The van der Waals surface area contributed by atoms with Gasteiger partial charge in [0.15, 0.2) is 0 Å². The highest BCUT2D eigenvalue weighted by atomic mass is 79.9. The molecular formula is C17H25BrClN. The van der Waals surface area contributed by atoms with E-state index in [1.165, 1.54) is 37.7 Å². The summed E-state index contributed by atoms with van der Waals surface area (Å²) >= 11 is 9.75. The van der Waals surface area contributed by atoms with E-state index in [4.69, 9.17) is 11.6 Å². The van der Waals surface area contributed by atoms with E-state index >= 15 is 0 Å². The maximum Gasteiger partial charge on any atom is 0.0464 e. The van der Waals surface area contributed by atoms with E-state index in [1.807, 2.05) is 6.07 Å². The second-order valence-electron chi connectivity index (χ2n) is 6.27. The van der Waals surface area contributed by atoms with Crippen molar-refractivity contribution in [1.29, 1.82) is 0 Å². The Kier molecular flexibility index (Phi) is 6.38. The summed E-state index contributed by atoms with van der Waals surface area (Å²) in [6, 6.07) is 6.45. The summed E-state index contributed by atoms with van der Waals surface area (Å²) in [6.45, 7) is 5.67. The lowest BCUT2D eigenvalue weighted by molar-refractivity contribution is 0.265. The highest BCUT2D eigenvalue weighted by molar-refractivity contribution is 9.10. The van der Waals surface area contributed by atoms with Crippen molar-refractivity contribution in [2.45, 2.75) is 52.0 Å². The Morgan fingerprint density at radius 1 is 1.40 bits per heavy atom. The highest BCUT2D eigenvalue weighted by Gasteiger charge is 2.18. The zero-order valence-electron chi connectivity index (χ0n) is 12.5. The second kappa shape index (κ2) is 7.82. The van der Waals surface area contributed by atoms with Gasteiger partial charge in [0, 0.05) is 15.5 Å². The van der Waals surface area contributed by atoms with E-state index in [2.05, 4.69) is 47.2 Å². The van der Waals surface area contributed by atoms with E-state index < -0.39 is 0 Å². The summed E-state index contributed by atoms with van der Waals surface area (Å²) in [6.07, 6.45) is 6.96. The Morgan fingerprint density at radius 3 is 2.90 bits per heavy atom. The van der Waals surface area contributed by atoms with Gasteiger partial charge in [-0.25, -0.2) is 0 Å². The molecule has 0 bridgehead atoms. The summed E-state index contributed by atoms with van der Waals surface area (Å²) < 4.78 is 1.04. The molecule has 0 amide bonds. The predicted molar refractivity (Wildman–Crippen MR) is 91.3 cm³/mol. The molecule has 1 saturated carbocycles. The number of nitrogens with one attached hydrogen (secondary N) is 1. The van der Waals surface area contributed by atoms with Gasteiger partial charge in [-0.3, -0.25) is 0 Å². The van der Waals surface area contributed by atoms with Gasteiger partial charge in [0.05, 0.1) is 0 Å². The predicted octanol–water partition coefficient (Wildman–Crippen LogP) is 5.97. The molecule has 0 radical (unpaired) electrons. The zero-order chi connectivity index (χ0) is 14.5. The van der Waals surface area contributed by atoms with Gasteiger partial charge < -0.3 is 5.32 Å². The monoisotopic (exact) mass is 357 g/mol. The zero-order valence-corrected chi connectivity index (χ0v) is 14.8. The molecule has 0 aromatic heterocycles. The fourth-order valence-corrected chi connectivity index (χ4v) is 4.13. The van der Waals surface area contributed by atoms with Crippen molar-refractivity contribution in [3.05, 3.63) is 33.3 Å². The standard InChI is InChI=1S/C17H25BrClN/c1-12-4-3-5-14(10-12)8-9-20-13(2)16-7-6-15(18)11-17(16)19/h6-7,11-14,20H,3-5,8-10H2,1-2H3. The van der Waals surface area contributed by atoms with Crippen LogP contribution >= 0.6 is 27.5 Å². The van der Waals surface area contributed by atoms with Gasteiger partial charge in [-0.15, -0.1) is 0 Å². The van der Waals surface area contributed by atoms with Crippen LogP contribution in [0.5, 0.6) is 0 Å². The Labute approximate surface area is 136 Å². The van der Waals surface area contributed by atoms with Crippen molar-refractivity contribution in [2.75, 3.05) is 6.54 Å². The minimum absolute atomic E-state index is 0.316. The first-order chi connectivity index (χ1) is 9.56. The summed E-state index contributed by atoms with van der Waals surface area (Å²) in [5.74, 6) is 1.84. The molecule has 3 heteroatoms. The van der Waals surface area contributed by atoms with Gasteiger partial charge in [-0.1, -0.05) is 59.8 Å². The summed E-state index contributed by atoms with van der Waals surface area (Å²) in [7, 11) is 0. The molecule has 0 aliphatic heterocycles. The first kappa shape index (κ1) is 16.3. The number of hydrogen-bond acceptors (Lipinski definition) is 1. The molecular weight excluding hydrogens is 334 g/mol. The second-order valence-corrected chi connectivity index (χ2v) is 7.59. The van der Waals surface area contributed by atoms with Gasteiger partial charge in [0.25, 0.3) is 0 Å². The van der Waals surface area contributed by atoms with E-state index in [9.17, 15) is 0 Å². The molecule has 1 fully saturated rings. The van der Waals surface area contributed by atoms with Crippen LogP contribution in [0, 0.1) is 11.8 Å². The first-order valence-corrected chi connectivity index (χ1v) is 8.91. The Morgan fingerprint density at radius 2 is 2.20 bits per heavy atom. The average Bonchev–Trinajstić information content (AvgIpc) is 2.38. The maximum absolute atomic E-state index is 6.30. The molecule has 1 aromatic carbocycles. The van der Waals surface area contributed by atoms with Crippen LogP contribution in [0.2, 0.25) is 5.02 Å². The van der Waals surface area contributed by atoms with Crippen molar-refractivity contribution < 1.29 is 0 Å². The Bertz CT molecular complexity index is 435. The minimum atomic E-state index is 0.316. The molecule has 1 aliphatic rings. The number of rotatable bonds is 5. The van der Waals surface area contributed by atoms with Crippen LogP contribution in [0.4, 0.5) is 0 Å². The maximum atomic E-state index is 6.30. The van der Waals surface area contributed by atoms with Crippen LogP contribution in [0.3, 0.4) is 0 Å². The largest absolute Gasteiger partial charge is 0.310 e. The van der Waals surface area contributed by atoms with Crippen molar-refractivity contribution in [1.82, 2.24) is 5.32 Å². The third-order valence-corrected chi connectivity index (χ3v) is 5.30. The quantitative estimate of drug-likeness (QED) is 0.683. The van der Waals surface area contributed by atoms with Gasteiger partial charge in [0.2, 0.25) is 0 Å². The lowest BCUT2D eigenvalue weighted by Gasteiger charge is -2.27. The summed E-state index contributed by atoms with van der Waals surface area (Å²) in [4.78, 5) is 0. The van der Waals surface area contributed by atoms with Crippen molar-refractivity contribution >= 4 is 27.5 Å². The van der Waals surface area contributed by atoms with E-state index in [1.54, 1.807) is 0 Å². The molecule has 3 atom stereocenters. The molecule has 1 nitrogen and oxygen atoms in total. The summed E-state index contributed by atoms with van der Waals surface area (Å²) in [5, 5.41) is 4.46. The van der Waals surface area contributed by atoms with Gasteiger partial charge >= 0.3 is 0 Å². The highest BCUT2D eigenvalue weighted by Crippen LogP contribution is 2.31. The SMILES string of the molecule is CC1CCCC(CCNC(C)c2ccc(Br)cc2Cl)C1. The molecule has 0 saturated heterocycles. The molecule has 1 aliphatic carbocycles. The number of benzene rings is 1. The topological polar surface area (TPSA) is 12.0 Å². The Hall–Kier alpha value is -0.0500. The van der Waals surface area contributed by atoms with Crippen molar-refractivity contribution in [2.24, 2.45) is 11.8 Å². The smallest absolute Gasteiger partial charge is 0.0464 e. The van der Waals surface area contributed by atoms with Gasteiger partial charge in [-0.2, -0.15) is 0 Å². The first-order valence-electron chi connectivity index (χ1n) is 7.74. The normalized spacial score (nSPS) is 24.6. The fraction of sp³-hybridized carbons (Fsp3) is 0.647. The molecule has 0 spiro atoms. The van der Waals surface area contributed by atoms with Crippen LogP contribution in [-0.4, -0.2) is 6.54 Å². The fourth-order valence-electron chi connectivity index (χ4n) is 3.29. The lowest BCUT2D eigenvalue weighted by Crippen LogP contribution is -2.24. The van der Waals surface area contributed by atoms with Crippen LogP contribution < -0.4 is 5.32 Å². The molecule has 1 aromatic rings. The number of halogens is 2. The minimum Gasteiger partial charge on any atom is -0.310 e. The molecule has 0 heterocycles. The third-order valence-electron chi connectivity index (χ3n) is 4.48. The van der Waals surface area contributed by atoms with E-state index in [0.717, 1.165) is 27.9 Å². The van der Waals surface area contributed by atoms with Crippen molar-refractivity contribution in [3.8, 4) is 0 Å². The lowest BCUT2D eigenvalue weighted by atomic mass is 9.81. The van der Waals surface area contributed by atoms with Gasteiger partial charge in [-0.05, 0) is 55.8 Å². The molecule has 112 valence electrons. The Balaban J connectivity index is 1.78. The molecule has 2 rings (SSSR count). The molecule has 20 heavy (non-hydrogen) atoms. The number of hydrogen-bond donors (Lipinski definition) is 1. The van der Waals surface area contributed by atoms with Crippen LogP contribution in [0.25, 0.3) is 0 Å². The van der Waals surface area contributed by atoms with E-state index in [0.29, 0.717) is 6.04 Å². The molecule has 3 unspecified atom stereocenters. The van der Waals surface area contributed by atoms with Crippen LogP contribution in [-0.2, 0) is 0 Å². The average molecular weight is 359 g/mol.